The third kappa shape index (κ3) is 2.57. The fourth-order valence-electron chi connectivity index (χ4n) is 2.60. The molecular weight excluding hydrogens is 308 g/mol. The van der Waals surface area contributed by atoms with Crippen molar-refractivity contribution in [1.29, 1.82) is 0 Å². The fourth-order valence-corrected chi connectivity index (χ4v) is 3.42. The van der Waals surface area contributed by atoms with E-state index in [-0.39, 0.29) is 16.9 Å². The van der Waals surface area contributed by atoms with Crippen molar-refractivity contribution in [1.82, 2.24) is 14.5 Å². The van der Waals surface area contributed by atoms with Crippen LogP contribution in [0.25, 0.3) is 10.3 Å². The summed E-state index contributed by atoms with van der Waals surface area (Å²) in [6.45, 7) is 3.32. The largest absolute Gasteiger partial charge is 0.458 e. The van der Waals surface area contributed by atoms with E-state index in [0.717, 1.165) is 17.8 Å². The van der Waals surface area contributed by atoms with E-state index in [2.05, 4.69) is 9.97 Å². The van der Waals surface area contributed by atoms with Gasteiger partial charge >= 0.3 is 10.8 Å². The standard InChI is InChI=1S/C13H16N4O4S/c1-3-7-4-8(20-6(2)18)11(21-7)17-10-9(22-13(17)19)5-15-12(14)16-10/h5,7-8,11H,3-4H2,1-2H3,(H2,14,15,16)/t7-,8-,11-/m1/s1. The molecule has 0 aromatic carbocycles. The molecule has 8 nitrogen and oxygen atoms in total. The second-order valence-corrected chi connectivity index (χ2v) is 6.09. The maximum atomic E-state index is 12.3. The summed E-state index contributed by atoms with van der Waals surface area (Å²) in [6, 6.07) is 0. The van der Waals surface area contributed by atoms with Crippen molar-refractivity contribution in [3.63, 3.8) is 0 Å². The van der Waals surface area contributed by atoms with E-state index in [1.54, 1.807) is 0 Å². The molecule has 1 fully saturated rings. The van der Waals surface area contributed by atoms with E-state index in [0.29, 0.717) is 16.8 Å². The van der Waals surface area contributed by atoms with Crippen molar-refractivity contribution in [2.75, 3.05) is 5.73 Å². The van der Waals surface area contributed by atoms with Crippen molar-refractivity contribution < 1.29 is 14.3 Å². The molecule has 1 saturated heterocycles. The molecule has 0 amide bonds. The number of hydrogen-bond acceptors (Lipinski definition) is 8. The van der Waals surface area contributed by atoms with Crippen LogP contribution in [0.4, 0.5) is 5.95 Å². The number of hydrogen-bond donors (Lipinski definition) is 1. The second kappa shape index (κ2) is 5.65. The average molecular weight is 324 g/mol. The summed E-state index contributed by atoms with van der Waals surface area (Å²) >= 11 is 1.01. The topological polar surface area (TPSA) is 109 Å². The number of anilines is 1. The molecule has 0 bridgehead atoms. The van der Waals surface area contributed by atoms with Gasteiger partial charge in [-0.1, -0.05) is 18.3 Å². The van der Waals surface area contributed by atoms with Crippen LogP contribution in [0.15, 0.2) is 11.0 Å². The van der Waals surface area contributed by atoms with E-state index in [9.17, 15) is 9.59 Å². The lowest BCUT2D eigenvalue weighted by atomic mass is 10.1. The summed E-state index contributed by atoms with van der Waals surface area (Å²) in [5, 5.41) is 0. The predicted octanol–water partition coefficient (Wildman–Crippen LogP) is 1.06. The summed E-state index contributed by atoms with van der Waals surface area (Å²) < 4.78 is 13.2. The van der Waals surface area contributed by atoms with Gasteiger partial charge in [0.25, 0.3) is 0 Å². The Morgan fingerprint density at radius 1 is 1.64 bits per heavy atom. The summed E-state index contributed by atoms with van der Waals surface area (Å²) in [6.07, 6.45) is 1.54. The minimum atomic E-state index is -0.690. The van der Waals surface area contributed by atoms with Crippen LogP contribution in [0, 0.1) is 0 Å². The van der Waals surface area contributed by atoms with Crippen molar-refractivity contribution in [2.24, 2.45) is 0 Å². The number of thiazole rings is 1. The second-order valence-electron chi connectivity index (χ2n) is 5.09. The zero-order chi connectivity index (χ0) is 15.9. The van der Waals surface area contributed by atoms with E-state index in [4.69, 9.17) is 15.2 Å². The molecule has 3 atom stereocenters. The van der Waals surface area contributed by atoms with Gasteiger partial charge in [0.1, 0.15) is 6.10 Å². The number of nitrogens with zero attached hydrogens (tertiary/aromatic N) is 3. The Bertz CT molecular complexity index is 771. The third-order valence-electron chi connectivity index (χ3n) is 3.55. The molecule has 3 rings (SSSR count). The number of carbonyl (C=O) groups excluding carboxylic acids is 1. The molecule has 1 aliphatic rings. The molecule has 2 aromatic rings. The number of aromatic nitrogens is 3. The van der Waals surface area contributed by atoms with E-state index >= 15 is 0 Å². The highest BCUT2D eigenvalue weighted by Crippen LogP contribution is 2.34. The molecule has 0 saturated carbocycles. The number of nitrogens with two attached hydrogens (primary N) is 1. The highest BCUT2D eigenvalue weighted by atomic mass is 32.1. The molecule has 118 valence electrons. The van der Waals surface area contributed by atoms with Crippen LogP contribution in [0.3, 0.4) is 0 Å². The minimum absolute atomic E-state index is 0.0737. The molecule has 0 unspecified atom stereocenters. The lowest BCUT2D eigenvalue weighted by Gasteiger charge is -2.19. The van der Waals surface area contributed by atoms with E-state index < -0.39 is 18.3 Å². The summed E-state index contributed by atoms with van der Waals surface area (Å²) in [5.74, 6) is -0.329. The summed E-state index contributed by atoms with van der Waals surface area (Å²) in [4.78, 5) is 31.4. The Balaban J connectivity index is 2.08. The zero-order valence-electron chi connectivity index (χ0n) is 12.2. The normalized spacial score (nSPS) is 24.7. The van der Waals surface area contributed by atoms with Crippen molar-refractivity contribution in [3.8, 4) is 0 Å². The van der Waals surface area contributed by atoms with Crippen LogP contribution in [0.2, 0.25) is 0 Å². The Kier molecular flexibility index (Phi) is 3.83. The first-order valence-corrected chi connectivity index (χ1v) is 7.77. The molecule has 9 heteroatoms. The molecule has 3 heterocycles. The lowest BCUT2D eigenvalue weighted by Crippen LogP contribution is -2.30. The van der Waals surface area contributed by atoms with Crippen molar-refractivity contribution in [2.45, 2.75) is 45.1 Å². The van der Waals surface area contributed by atoms with Gasteiger partial charge in [-0.2, -0.15) is 4.98 Å². The number of ether oxygens (including phenoxy) is 2. The Morgan fingerprint density at radius 2 is 2.41 bits per heavy atom. The molecule has 1 aliphatic heterocycles. The molecule has 0 radical (unpaired) electrons. The molecule has 0 aliphatic carbocycles. The first-order valence-electron chi connectivity index (χ1n) is 6.95. The summed E-state index contributed by atoms with van der Waals surface area (Å²) in [7, 11) is 0. The quantitative estimate of drug-likeness (QED) is 0.841. The Hall–Kier alpha value is -2.00. The first kappa shape index (κ1) is 14.9. The van der Waals surface area contributed by atoms with Gasteiger partial charge in [0, 0.05) is 13.3 Å². The SMILES string of the molecule is CC[C@@H]1C[C@@H](OC(C)=O)[C@H](n2c(=O)sc3cnc(N)nc32)O1. The van der Waals surface area contributed by atoms with E-state index in [1.165, 1.54) is 17.7 Å². The van der Waals surface area contributed by atoms with Crippen molar-refractivity contribution in [3.05, 3.63) is 15.9 Å². The minimum Gasteiger partial charge on any atom is -0.458 e. The molecule has 0 spiro atoms. The highest BCUT2D eigenvalue weighted by molar-refractivity contribution is 7.16. The Labute approximate surface area is 129 Å². The Morgan fingerprint density at radius 3 is 3.09 bits per heavy atom. The van der Waals surface area contributed by atoms with Gasteiger partial charge in [-0.3, -0.25) is 14.2 Å². The maximum absolute atomic E-state index is 12.3. The third-order valence-corrected chi connectivity index (χ3v) is 4.43. The molecule has 22 heavy (non-hydrogen) atoms. The predicted molar refractivity (Wildman–Crippen MR) is 80.5 cm³/mol. The average Bonchev–Trinajstić information content (AvgIpc) is 2.98. The van der Waals surface area contributed by atoms with Crippen molar-refractivity contribution >= 4 is 33.6 Å². The van der Waals surface area contributed by atoms with Gasteiger partial charge in [-0.15, -0.1) is 0 Å². The molecule has 2 N–H and O–H groups in total. The first-order chi connectivity index (χ1) is 10.5. The van der Waals surface area contributed by atoms with Crippen LogP contribution in [0.1, 0.15) is 32.9 Å². The van der Waals surface area contributed by atoms with Gasteiger partial charge in [-0.25, -0.2) is 4.98 Å². The van der Waals surface area contributed by atoms with Crippen LogP contribution in [-0.4, -0.2) is 32.7 Å². The number of fused-ring (bicyclic) bond motifs is 1. The van der Waals surface area contributed by atoms with Gasteiger partial charge in [0.05, 0.1) is 17.0 Å². The van der Waals surface area contributed by atoms with E-state index in [1.807, 2.05) is 6.92 Å². The van der Waals surface area contributed by atoms with Gasteiger partial charge < -0.3 is 15.2 Å². The maximum Gasteiger partial charge on any atom is 0.311 e. The summed E-state index contributed by atoms with van der Waals surface area (Å²) in [5.41, 5.74) is 6.01. The van der Waals surface area contributed by atoms with Crippen LogP contribution in [0.5, 0.6) is 0 Å². The van der Waals surface area contributed by atoms with Gasteiger partial charge in [-0.05, 0) is 6.42 Å². The molecular formula is C13H16N4O4S. The van der Waals surface area contributed by atoms with Crippen LogP contribution < -0.4 is 10.6 Å². The molecule has 2 aromatic heterocycles. The highest BCUT2D eigenvalue weighted by Gasteiger charge is 2.39. The number of rotatable bonds is 3. The number of esters is 1. The fraction of sp³-hybridized carbons (Fsp3) is 0.538. The zero-order valence-corrected chi connectivity index (χ0v) is 13.0. The van der Waals surface area contributed by atoms with Crippen LogP contribution in [-0.2, 0) is 14.3 Å². The number of carbonyl (C=O) groups is 1. The van der Waals surface area contributed by atoms with Gasteiger partial charge in [0.15, 0.2) is 11.9 Å². The monoisotopic (exact) mass is 324 g/mol. The number of nitrogen functional groups attached to an aromatic ring is 1. The van der Waals surface area contributed by atoms with Gasteiger partial charge in [0.2, 0.25) is 5.95 Å². The lowest BCUT2D eigenvalue weighted by molar-refractivity contribution is -0.152. The smallest absolute Gasteiger partial charge is 0.311 e. The van der Waals surface area contributed by atoms with Crippen LogP contribution >= 0.6 is 11.3 Å².